The second-order valence-corrected chi connectivity index (χ2v) is 9.62. The summed E-state index contributed by atoms with van der Waals surface area (Å²) in [4.78, 5) is 20.1. The number of aliphatic hydroxyl groups is 1. The number of rotatable bonds is 6. The number of hydrogen-bond acceptors (Lipinski definition) is 6. The molecular weight excluding hydrogens is 437 g/mol. The van der Waals surface area contributed by atoms with Gasteiger partial charge in [-0.3, -0.25) is 0 Å². The van der Waals surface area contributed by atoms with Crippen LogP contribution >= 0.6 is 0 Å². The summed E-state index contributed by atoms with van der Waals surface area (Å²) in [7, 11) is 0. The van der Waals surface area contributed by atoms with Gasteiger partial charge in [0.25, 0.3) is 0 Å². The number of hydrogen-bond donors (Lipinski definition) is 1. The van der Waals surface area contributed by atoms with Crippen molar-refractivity contribution in [2.45, 2.75) is 39.2 Å². The van der Waals surface area contributed by atoms with Crippen molar-refractivity contribution in [3.05, 3.63) is 42.6 Å². The number of pyridine rings is 1. The Morgan fingerprint density at radius 2 is 1.94 bits per heavy atom. The third-order valence-electron chi connectivity index (χ3n) is 5.94. The van der Waals surface area contributed by atoms with Crippen LogP contribution in [0.3, 0.4) is 0 Å². The Morgan fingerprint density at radius 3 is 2.56 bits per heavy atom. The van der Waals surface area contributed by atoms with E-state index in [9.17, 15) is 14.3 Å². The minimum Gasteiger partial charge on any atom is -0.491 e. The normalized spacial score (nSPS) is 15.0. The Bertz CT molecular complexity index is 1130. The van der Waals surface area contributed by atoms with Gasteiger partial charge in [0, 0.05) is 36.8 Å². The Hall–Kier alpha value is -3.13. The lowest BCUT2D eigenvalue weighted by Gasteiger charge is -2.32. The van der Waals surface area contributed by atoms with Crippen LogP contribution in [0.5, 0.6) is 5.75 Å². The van der Waals surface area contributed by atoms with Gasteiger partial charge in [-0.05, 0) is 75.9 Å². The molecule has 1 aromatic carbocycles. The van der Waals surface area contributed by atoms with Gasteiger partial charge in [0.2, 0.25) is 0 Å². The number of benzene rings is 1. The van der Waals surface area contributed by atoms with E-state index >= 15 is 0 Å². The van der Waals surface area contributed by atoms with Crippen LogP contribution in [0, 0.1) is 5.92 Å². The van der Waals surface area contributed by atoms with Gasteiger partial charge < -0.3 is 19.5 Å². The average molecular weight is 470 g/mol. The first-order valence-electron chi connectivity index (χ1n) is 11.7. The highest BCUT2D eigenvalue weighted by atomic mass is 19.1. The smallest absolute Gasteiger partial charge is 0.419 e. The molecule has 182 valence electrons. The van der Waals surface area contributed by atoms with E-state index in [-0.39, 0.29) is 13.2 Å². The highest BCUT2D eigenvalue weighted by molar-refractivity contribution is 5.96. The van der Waals surface area contributed by atoms with Crippen LogP contribution in [0.2, 0.25) is 0 Å². The molecule has 8 heteroatoms. The molecular formula is C26H32FN3O4. The van der Waals surface area contributed by atoms with Crippen LogP contribution in [0.1, 0.15) is 33.6 Å². The first-order chi connectivity index (χ1) is 16.3. The molecule has 0 radical (unpaired) electrons. The zero-order valence-electron chi connectivity index (χ0n) is 20.0. The second-order valence-electron chi connectivity index (χ2n) is 9.62. The quantitative estimate of drug-likeness (QED) is 0.545. The van der Waals surface area contributed by atoms with Gasteiger partial charge in [0.1, 0.15) is 30.4 Å². The van der Waals surface area contributed by atoms with Crippen LogP contribution in [-0.2, 0) is 4.74 Å². The highest BCUT2D eigenvalue weighted by Crippen LogP contribution is 2.32. The summed E-state index contributed by atoms with van der Waals surface area (Å²) in [6, 6.07) is 11.1. The van der Waals surface area contributed by atoms with Crippen molar-refractivity contribution in [2.24, 2.45) is 5.92 Å². The van der Waals surface area contributed by atoms with Gasteiger partial charge in [-0.25, -0.2) is 18.7 Å². The van der Waals surface area contributed by atoms with E-state index in [1.807, 2.05) is 39.0 Å². The number of anilines is 1. The number of carbonyl (C=O) groups is 1. The van der Waals surface area contributed by atoms with Crippen molar-refractivity contribution >= 4 is 22.8 Å². The fraction of sp³-hybridized carbons (Fsp3) is 0.462. The predicted molar refractivity (Wildman–Crippen MR) is 130 cm³/mol. The Morgan fingerprint density at radius 1 is 1.18 bits per heavy atom. The molecule has 0 aliphatic carbocycles. The van der Waals surface area contributed by atoms with E-state index in [0.717, 1.165) is 42.7 Å². The van der Waals surface area contributed by atoms with E-state index in [1.165, 1.54) is 0 Å². The van der Waals surface area contributed by atoms with Crippen LogP contribution in [0.25, 0.3) is 22.2 Å². The third-order valence-corrected chi connectivity index (χ3v) is 5.94. The van der Waals surface area contributed by atoms with Crippen LogP contribution in [-0.4, -0.2) is 59.3 Å². The maximum Gasteiger partial charge on any atom is 0.419 e. The van der Waals surface area contributed by atoms with Crippen molar-refractivity contribution < 1.29 is 23.8 Å². The molecule has 0 atom stereocenters. The number of nitrogens with zero attached hydrogens (tertiary/aromatic N) is 3. The van der Waals surface area contributed by atoms with Crippen molar-refractivity contribution in [3.63, 3.8) is 0 Å². The molecule has 1 fully saturated rings. The first kappa shape index (κ1) is 24.0. The minimum absolute atomic E-state index is 0.0218. The lowest BCUT2D eigenvalue weighted by atomic mass is 9.98. The summed E-state index contributed by atoms with van der Waals surface area (Å²) in [5.41, 5.74) is 1.46. The molecule has 2 aromatic heterocycles. The Labute approximate surface area is 199 Å². The topological polar surface area (TPSA) is 76.8 Å². The number of ether oxygens (including phenoxy) is 2. The highest BCUT2D eigenvalue weighted by Gasteiger charge is 2.24. The Kier molecular flexibility index (Phi) is 7.07. The van der Waals surface area contributed by atoms with Gasteiger partial charge in [0.05, 0.1) is 11.2 Å². The number of piperidine rings is 1. The summed E-state index contributed by atoms with van der Waals surface area (Å²) in [5.74, 6) is 1.78. The predicted octanol–water partition coefficient (Wildman–Crippen LogP) is 5.04. The molecule has 1 N–H and O–H groups in total. The molecule has 4 rings (SSSR count). The number of aromatic nitrogens is 2. The maximum absolute atomic E-state index is 13.2. The molecule has 7 nitrogen and oxygen atoms in total. The summed E-state index contributed by atoms with van der Waals surface area (Å²) in [5, 5.41) is 10.2. The van der Waals surface area contributed by atoms with Crippen molar-refractivity contribution in [1.82, 2.24) is 9.55 Å². The van der Waals surface area contributed by atoms with Crippen molar-refractivity contribution in [2.75, 3.05) is 37.9 Å². The molecule has 0 bridgehead atoms. The average Bonchev–Trinajstić information content (AvgIpc) is 3.21. The van der Waals surface area contributed by atoms with Gasteiger partial charge >= 0.3 is 6.09 Å². The number of alkyl halides is 1. The van der Waals surface area contributed by atoms with E-state index < -0.39 is 18.4 Å². The second kappa shape index (κ2) is 10.0. The standard InChI is InChI=1S/C26H32FN3O4/c1-26(2,3)34-25(32)30-22-6-5-21(33-13-10-27)14-20(22)15-23(30)19-4-7-24(28-16-19)29-11-8-18(17-31)9-12-29/h4-7,14-16,18,31H,8-13,17H2,1-3H3. The molecule has 1 saturated heterocycles. The van der Waals surface area contributed by atoms with E-state index in [0.29, 0.717) is 22.9 Å². The van der Waals surface area contributed by atoms with Gasteiger partial charge in [-0.15, -0.1) is 0 Å². The minimum atomic E-state index is -0.655. The molecule has 0 spiro atoms. The molecule has 34 heavy (non-hydrogen) atoms. The molecule has 0 unspecified atom stereocenters. The van der Waals surface area contributed by atoms with Crippen LogP contribution < -0.4 is 9.64 Å². The molecule has 1 aliphatic heterocycles. The Balaban J connectivity index is 1.68. The zero-order valence-corrected chi connectivity index (χ0v) is 20.0. The summed E-state index contributed by atoms with van der Waals surface area (Å²) >= 11 is 0. The molecule has 3 aromatic rings. The SMILES string of the molecule is CC(C)(C)OC(=O)n1c(-c2ccc(N3CCC(CO)CC3)nc2)cc2cc(OCCF)ccc21. The van der Waals surface area contributed by atoms with E-state index in [2.05, 4.69) is 9.88 Å². The molecule has 1 aliphatic rings. The number of aliphatic hydroxyl groups excluding tert-OH is 1. The number of carbonyl (C=O) groups excluding carboxylic acids is 1. The molecule has 3 heterocycles. The lowest BCUT2D eigenvalue weighted by molar-refractivity contribution is 0.0547. The summed E-state index contributed by atoms with van der Waals surface area (Å²) in [6.07, 6.45) is 3.17. The van der Waals surface area contributed by atoms with E-state index in [4.69, 9.17) is 9.47 Å². The zero-order chi connectivity index (χ0) is 24.3. The molecule has 0 saturated carbocycles. The maximum atomic E-state index is 13.2. The molecule has 0 amide bonds. The van der Waals surface area contributed by atoms with Crippen molar-refractivity contribution in [3.8, 4) is 17.0 Å². The van der Waals surface area contributed by atoms with Gasteiger partial charge in [0.15, 0.2) is 0 Å². The first-order valence-corrected chi connectivity index (χ1v) is 11.7. The van der Waals surface area contributed by atoms with Crippen LogP contribution in [0.4, 0.5) is 15.0 Å². The number of halogens is 1. The third kappa shape index (κ3) is 5.33. The van der Waals surface area contributed by atoms with E-state index in [1.54, 1.807) is 29.0 Å². The van der Waals surface area contributed by atoms with Gasteiger partial charge in [-0.2, -0.15) is 0 Å². The van der Waals surface area contributed by atoms with Crippen molar-refractivity contribution in [1.29, 1.82) is 0 Å². The van der Waals surface area contributed by atoms with Crippen LogP contribution in [0.15, 0.2) is 42.6 Å². The summed E-state index contributed by atoms with van der Waals surface area (Å²) in [6.45, 7) is 6.84. The number of fused-ring (bicyclic) bond motifs is 1. The fourth-order valence-corrected chi connectivity index (χ4v) is 4.23. The fourth-order valence-electron chi connectivity index (χ4n) is 4.23. The monoisotopic (exact) mass is 469 g/mol. The summed E-state index contributed by atoms with van der Waals surface area (Å²) < 4.78 is 25.2. The lowest BCUT2D eigenvalue weighted by Crippen LogP contribution is -2.35. The largest absolute Gasteiger partial charge is 0.491 e. The van der Waals surface area contributed by atoms with Gasteiger partial charge in [-0.1, -0.05) is 0 Å².